The van der Waals surface area contributed by atoms with Crippen molar-refractivity contribution in [1.29, 1.82) is 0 Å². The quantitative estimate of drug-likeness (QED) is 0.619. The Labute approximate surface area is 87.4 Å². The van der Waals surface area contributed by atoms with E-state index in [-0.39, 0.29) is 6.54 Å². The van der Waals surface area contributed by atoms with Gasteiger partial charge in [0.05, 0.1) is 18.4 Å². The first-order valence-corrected chi connectivity index (χ1v) is 5.35. The number of hydrazine groups is 1. The van der Waals surface area contributed by atoms with E-state index in [4.69, 9.17) is 17.7 Å². The summed E-state index contributed by atoms with van der Waals surface area (Å²) in [6.45, 7) is 0.00981. The van der Waals surface area contributed by atoms with E-state index in [0.717, 1.165) is 5.56 Å². The van der Waals surface area contributed by atoms with Crippen LogP contribution >= 0.6 is 11.9 Å². The van der Waals surface area contributed by atoms with Gasteiger partial charge in [0.1, 0.15) is 0 Å². The Kier molecular flexibility index (Phi) is 3.85. The fourth-order valence-electron chi connectivity index (χ4n) is 0.879. The largest absolute Gasteiger partial charge is 0.367 e. The van der Waals surface area contributed by atoms with E-state index in [1.807, 2.05) is 6.07 Å². The summed E-state index contributed by atoms with van der Waals surface area (Å²) >= 11 is 4.74. The highest BCUT2D eigenvalue weighted by molar-refractivity contribution is 7.84. The Morgan fingerprint density at radius 3 is 2.43 bits per heavy atom. The Morgan fingerprint density at radius 2 is 1.93 bits per heavy atom. The normalized spacial score (nSPS) is 11.9. The van der Waals surface area contributed by atoms with Crippen LogP contribution in [0.25, 0.3) is 0 Å². The van der Waals surface area contributed by atoms with Crippen molar-refractivity contribution >= 4 is 22.2 Å². The highest BCUT2D eigenvalue weighted by atomic mass is 35.5. The second kappa shape index (κ2) is 4.72. The van der Waals surface area contributed by atoms with Crippen LogP contribution in [0.2, 0.25) is 0 Å². The summed E-state index contributed by atoms with van der Waals surface area (Å²) in [6.07, 6.45) is 0. The predicted molar refractivity (Wildman–Crippen MR) is 52.0 cm³/mol. The third-order valence-electron chi connectivity index (χ3n) is 1.55. The van der Waals surface area contributed by atoms with Crippen molar-refractivity contribution in [1.82, 2.24) is 4.41 Å². The van der Waals surface area contributed by atoms with Crippen LogP contribution in [0, 0.1) is 0 Å². The zero-order chi connectivity index (χ0) is 10.6. The standard InChI is InChI=1S/C7H9ClN2O3S/c8-13-14(11,12)10(9)6-7-4-2-1-3-5-7/h1-5H,6,9H2. The second-order valence-corrected chi connectivity index (χ2v) is 4.38. The van der Waals surface area contributed by atoms with E-state index in [0.29, 0.717) is 4.41 Å². The summed E-state index contributed by atoms with van der Waals surface area (Å²) in [5, 5.41) is 0. The minimum Gasteiger partial charge on any atom is -0.253 e. The molecule has 0 spiro atoms. The lowest BCUT2D eigenvalue weighted by Crippen LogP contribution is -2.36. The number of halogens is 1. The molecule has 1 rings (SSSR count). The monoisotopic (exact) mass is 236 g/mol. The second-order valence-electron chi connectivity index (χ2n) is 2.55. The van der Waals surface area contributed by atoms with Gasteiger partial charge in [0.2, 0.25) is 0 Å². The summed E-state index contributed by atoms with van der Waals surface area (Å²) in [5.41, 5.74) is 0.743. The molecular weight excluding hydrogens is 228 g/mol. The van der Waals surface area contributed by atoms with Gasteiger partial charge in [0.25, 0.3) is 0 Å². The number of nitrogens with zero attached hydrogens (tertiary/aromatic N) is 1. The molecule has 78 valence electrons. The van der Waals surface area contributed by atoms with Gasteiger partial charge in [0.15, 0.2) is 0 Å². The van der Waals surface area contributed by atoms with Gasteiger partial charge >= 0.3 is 10.3 Å². The molecule has 1 aromatic carbocycles. The fourth-order valence-corrected chi connectivity index (χ4v) is 1.48. The minimum absolute atomic E-state index is 0.00981. The summed E-state index contributed by atoms with van der Waals surface area (Å²) < 4.78 is 26.1. The van der Waals surface area contributed by atoms with Crippen LogP contribution in [0.15, 0.2) is 30.3 Å². The molecule has 0 unspecified atom stereocenters. The molecule has 0 radical (unpaired) electrons. The van der Waals surface area contributed by atoms with Gasteiger partial charge in [-0.1, -0.05) is 30.3 Å². The topological polar surface area (TPSA) is 72.6 Å². The lowest BCUT2D eigenvalue weighted by Gasteiger charge is -2.12. The number of rotatable bonds is 4. The Morgan fingerprint density at radius 1 is 1.36 bits per heavy atom. The average molecular weight is 237 g/mol. The first-order valence-electron chi connectivity index (χ1n) is 3.68. The number of benzene rings is 1. The maximum absolute atomic E-state index is 11.0. The highest BCUT2D eigenvalue weighted by Gasteiger charge is 2.18. The van der Waals surface area contributed by atoms with Crippen LogP contribution in [0.3, 0.4) is 0 Å². The summed E-state index contributed by atoms with van der Waals surface area (Å²) in [5.74, 6) is 5.23. The first kappa shape index (κ1) is 11.4. The van der Waals surface area contributed by atoms with Crippen LogP contribution in [0.1, 0.15) is 5.56 Å². The Hall–Kier alpha value is -0.660. The molecule has 0 heterocycles. The average Bonchev–Trinajstić information content (AvgIpc) is 2.19. The first-order chi connectivity index (χ1) is 6.56. The van der Waals surface area contributed by atoms with Crippen molar-refractivity contribution in [2.24, 2.45) is 5.84 Å². The van der Waals surface area contributed by atoms with Gasteiger partial charge in [-0.25, -0.2) is 0 Å². The molecule has 1 aromatic rings. The van der Waals surface area contributed by atoms with Gasteiger partial charge in [-0.15, -0.1) is 8.15 Å². The molecule has 0 aliphatic rings. The third-order valence-corrected chi connectivity index (χ3v) is 2.89. The van der Waals surface area contributed by atoms with Crippen molar-refractivity contribution in [3.05, 3.63) is 35.9 Å². The van der Waals surface area contributed by atoms with E-state index in [2.05, 4.69) is 3.74 Å². The SMILES string of the molecule is NN(Cc1ccccc1)S(=O)(=O)OCl. The number of hydrogen-bond donors (Lipinski definition) is 1. The highest BCUT2D eigenvalue weighted by Crippen LogP contribution is 2.07. The molecule has 5 nitrogen and oxygen atoms in total. The van der Waals surface area contributed by atoms with Crippen molar-refractivity contribution in [3.8, 4) is 0 Å². The van der Waals surface area contributed by atoms with E-state index >= 15 is 0 Å². The van der Waals surface area contributed by atoms with Crippen molar-refractivity contribution in [3.63, 3.8) is 0 Å². The molecule has 0 amide bonds. The Bertz CT molecular complexity index is 381. The third kappa shape index (κ3) is 2.93. The summed E-state index contributed by atoms with van der Waals surface area (Å²) in [4.78, 5) is 0. The van der Waals surface area contributed by atoms with Crippen LogP contribution < -0.4 is 5.84 Å². The van der Waals surface area contributed by atoms with Crippen LogP contribution in [0.4, 0.5) is 0 Å². The number of nitrogens with two attached hydrogens (primary N) is 1. The predicted octanol–water partition coefficient (Wildman–Crippen LogP) is 0.777. The molecule has 0 aliphatic carbocycles. The molecular formula is C7H9ClN2O3S. The number of hydrogen-bond acceptors (Lipinski definition) is 4. The molecule has 0 fully saturated rings. The van der Waals surface area contributed by atoms with Gasteiger partial charge in [-0.3, -0.25) is 5.84 Å². The van der Waals surface area contributed by atoms with Crippen molar-refractivity contribution in [2.45, 2.75) is 6.54 Å². The molecule has 0 atom stereocenters. The zero-order valence-electron chi connectivity index (χ0n) is 7.13. The zero-order valence-corrected chi connectivity index (χ0v) is 8.70. The lowest BCUT2D eigenvalue weighted by molar-refractivity contribution is 0.368. The fraction of sp³-hybridized carbons (Fsp3) is 0.143. The van der Waals surface area contributed by atoms with E-state index in [9.17, 15) is 8.42 Å². The van der Waals surface area contributed by atoms with Crippen molar-refractivity contribution in [2.75, 3.05) is 0 Å². The molecule has 0 aliphatic heterocycles. The van der Waals surface area contributed by atoms with Gasteiger partial charge in [-0.05, 0) is 5.56 Å². The maximum atomic E-state index is 11.0. The Balaban J connectivity index is 2.72. The van der Waals surface area contributed by atoms with E-state index in [1.54, 1.807) is 24.3 Å². The molecule has 2 N–H and O–H groups in total. The maximum Gasteiger partial charge on any atom is 0.367 e. The summed E-state index contributed by atoms with van der Waals surface area (Å²) in [6, 6.07) is 8.85. The van der Waals surface area contributed by atoms with Crippen LogP contribution in [-0.2, 0) is 20.6 Å². The molecule has 0 saturated carbocycles. The molecule has 14 heavy (non-hydrogen) atoms. The van der Waals surface area contributed by atoms with Gasteiger partial charge in [-0.2, -0.15) is 8.42 Å². The van der Waals surface area contributed by atoms with Gasteiger partial charge < -0.3 is 0 Å². The van der Waals surface area contributed by atoms with E-state index in [1.165, 1.54) is 0 Å². The lowest BCUT2D eigenvalue weighted by atomic mass is 10.2. The van der Waals surface area contributed by atoms with Crippen molar-refractivity contribution < 1.29 is 12.2 Å². The molecule has 0 saturated heterocycles. The smallest absolute Gasteiger partial charge is 0.253 e. The van der Waals surface area contributed by atoms with Crippen LogP contribution in [-0.4, -0.2) is 12.8 Å². The minimum atomic E-state index is -4.02. The summed E-state index contributed by atoms with van der Waals surface area (Å²) in [7, 11) is -4.02. The molecule has 7 heteroatoms. The van der Waals surface area contributed by atoms with Gasteiger partial charge in [0, 0.05) is 0 Å². The van der Waals surface area contributed by atoms with Crippen LogP contribution in [0.5, 0.6) is 0 Å². The van der Waals surface area contributed by atoms with E-state index < -0.39 is 10.3 Å². The molecule has 0 bridgehead atoms. The molecule has 0 aromatic heterocycles.